The van der Waals surface area contributed by atoms with Crippen LogP contribution in [0.3, 0.4) is 0 Å². The fourth-order valence-corrected chi connectivity index (χ4v) is 9.33. The number of nitrogens with zero attached hydrogens (tertiary/aromatic N) is 2. The monoisotopic (exact) mass is 599 g/mol. The Morgan fingerprint density at radius 3 is 2.52 bits per heavy atom. The molecule has 0 amide bonds. The topological polar surface area (TPSA) is 7.12 Å². The highest BCUT2D eigenvalue weighted by atomic mass is 32.2. The molecule has 0 radical (unpaired) electrons. The van der Waals surface area contributed by atoms with E-state index in [1.54, 1.807) is 23.5 Å². The zero-order valence-electron chi connectivity index (χ0n) is 23.2. The second kappa shape index (κ2) is 12.2. The summed E-state index contributed by atoms with van der Waals surface area (Å²) in [5.41, 5.74) is 7.07. The molecule has 40 heavy (non-hydrogen) atoms. The van der Waals surface area contributed by atoms with Crippen LogP contribution in [0, 0.1) is 5.92 Å². The number of thioether (sulfide) groups is 3. The second-order valence-electron chi connectivity index (χ2n) is 10.2. The maximum atomic E-state index is 3.88. The molecule has 2 aromatic carbocycles. The molecule has 0 saturated carbocycles. The molecule has 1 atom stereocenters. The van der Waals surface area contributed by atoms with Crippen molar-refractivity contribution in [1.82, 2.24) is 0 Å². The molecule has 0 spiro atoms. The Kier molecular flexibility index (Phi) is 8.50. The van der Waals surface area contributed by atoms with Crippen molar-refractivity contribution in [3.63, 3.8) is 0 Å². The molecule has 3 aromatic rings. The van der Waals surface area contributed by atoms with Gasteiger partial charge in [0.2, 0.25) is 5.52 Å². The van der Waals surface area contributed by atoms with E-state index in [1.807, 2.05) is 33.9 Å². The van der Waals surface area contributed by atoms with Crippen molar-refractivity contribution < 1.29 is 4.57 Å². The van der Waals surface area contributed by atoms with Crippen molar-refractivity contribution in [2.45, 2.75) is 60.8 Å². The van der Waals surface area contributed by atoms with Crippen molar-refractivity contribution in [1.29, 1.82) is 0 Å². The molecular formula is C34H35N2S4+. The lowest BCUT2D eigenvalue weighted by Crippen LogP contribution is -2.33. The number of fused-ring (bicyclic) bond motifs is 3. The number of anilines is 1. The van der Waals surface area contributed by atoms with Crippen LogP contribution in [-0.4, -0.2) is 6.54 Å². The standard InChI is InChI=1S/C34H35N2S4/c1-5-35-29-21-27(37-7-3)13-15-31(29)39-33(35)19-23-9-11-25-12-10-24(18-26(25)17-23)20-34-36(6-2)30-22-28(38-8-4)14-16-32(30)40-34/h7-8,13-22,25H,3-6,9-12H2,1-2H3/q+1. The van der Waals surface area contributed by atoms with E-state index in [1.165, 1.54) is 70.2 Å². The maximum absolute atomic E-state index is 3.88. The predicted molar refractivity (Wildman–Crippen MR) is 179 cm³/mol. The van der Waals surface area contributed by atoms with Gasteiger partial charge in [-0.05, 0) is 109 Å². The fraction of sp³-hybridized carbons (Fsp3) is 0.265. The molecule has 0 N–H and O–H groups in total. The van der Waals surface area contributed by atoms with Crippen molar-refractivity contribution in [2.75, 3.05) is 11.4 Å². The first-order valence-corrected chi connectivity index (χ1v) is 17.4. The predicted octanol–water partition coefficient (Wildman–Crippen LogP) is 10.6. The van der Waals surface area contributed by atoms with Gasteiger partial charge in [-0.3, -0.25) is 0 Å². The van der Waals surface area contributed by atoms with Gasteiger partial charge in [0.15, 0.2) is 0 Å². The molecule has 2 aliphatic carbocycles. The molecule has 1 aromatic heterocycles. The minimum Gasteiger partial charge on any atom is -0.335 e. The van der Waals surface area contributed by atoms with Crippen LogP contribution in [0.5, 0.6) is 0 Å². The quantitative estimate of drug-likeness (QED) is 0.188. The average molecular weight is 600 g/mol. The van der Waals surface area contributed by atoms with E-state index in [9.17, 15) is 0 Å². The largest absolute Gasteiger partial charge is 0.335 e. The number of rotatable bonds is 8. The third kappa shape index (κ3) is 5.56. The highest BCUT2D eigenvalue weighted by Gasteiger charge is 2.27. The smallest absolute Gasteiger partial charge is 0.263 e. The molecular weight excluding hydrogens is 565 g/mol. The van der Waals surface area contributed by atoms with Crippen LogP contribution < -0.4 is 9.47 Å². The molecule has 204 valence electrons. The minimum absolute atomic E-state index is 0.688. The molecule has 2 nitrogen and oxygen atoms in total. The zero-order valence-corrected chi connectivity index (χ0v) is 26.5. The summed E-state index contributed by atoms with van der Waals surface area (Å²) in [5.74, 6) is 0.688. The number of allylic oxidation sites excluding steroid dienone is 6. The molecule has 3 aliphatic rings. The van der Waals surface area contributed by atoms with Gasteiger partial charge in [-0.2, -0.15) is 4.57 Å². The Bertz CT molecular complexity index is 1600. The van der Waals surface area contributed by atoms with Gasteiger partial charge in [0.1, 0.15) is 11.2 Å². The van der Waals surface area contributed by atoms with Crippen LogP contribution in [0.15, 0.2) is 115 Å². The molecule has 6 rings (SSSR count). The number of aryl methyl sites for hydroxylation is 1. The van der Waals surface area contributed by atoms with E-state index < -0.39 is 0 Å². The molecule has 1 aliphatic heterocycles. The van der Waals surface area contributed by atoms with Crippen LogP contribution >= 0.6 is 46.6 Å². The van der Waals surface area contributed by atoms with Crippen molar-refractivity contribution in [3.05, 3.63) is 105 Å². The number of hydrogen-bond acceptors (Lipinski definition) is 5. The first kappa shape index (κ1) is 27.8. The van der Waals surface area contributed by atoms with E-state index in [-0.39, 0.29) is 0 Å². The van der Waals surface area contributed by atoms with Gasteiger partial charge in [0.25, 0.3) is 5.01 Å². The Morgan fingerprint density at radius 2 is 1.75 bits per heavy atom. The second-order valence-corrected chi connectivity index (χ2v) is 14.4. The van der Waals surface area contributed by atoms with Crippen LogP contribution in [0.4, 0.5) is 5.69 Å². The summed E-state index contributed by atoms with van der Waals surface area (Å²) < 4.78 is 3.81. The first-order chi connectivity index (χ1) is 19.6. The highest BCUT2D eigenvalue weighted by molar-refractivity contribution is 8.04. The van der Waals surface area contributed by atoms with Gasteiger partial charge in [-0.25, -0.2) is 0 Å². The van der Waals surface area contributed by atoms with Gasteiger partial charge in [0.05, 0.1) is 10.7 Å². The summed E-state index contributed by atoms with van der Waals surface area (Å²) in [6.07, 6.45) is 14.7. The maximum Gasteiger partial charge on any atom is 0.263 e. The lowest BCUT2D eigenvalue weighted by Gasteiger charge is -2.28. The van der Waals surface area contributed by atoms with Crippen molar-refractivity contribution in [2.24, 2.45) is 5.92 Å². The average Bonchev–Trinajstić information content (AvgIpc) is 3.49. The van der Waals surface area contributed by atoms with Crippen molar-refractivity contribution >= 4 is 68.6 Å². The molecule has 2 heterocycles. The summed E-state index contributed by atoms with van der Waals surface area (Å²) in [6, 6.07) is 13.5. The zero-order chi connectivity index (χ0) is 27.6. The molecule has 0 bridgehead atoms. The minimum atomic E-state index is 0.688. The summed E-state index contributed by atoms with van der Waals surface area (Å²) in [5, 5.41) is 6.50. The fourth-order valence-electron chi connectivity index (χ4n) is 5.92. The Hall–Kier alpha value is -2.38. The molecule has 0 fully saturated rings. The van der Waals surface area contributed by atoms with E-state index in [0.29, 0.717) is 5.92 Å². The number of hydrogen-bond donors (Lipinski definition) is 0. The first-order valence-electron chi connectivity index (χ1n) is 14.1. The Morgan fingerprint density at radius 1 is 0.975 bits per heavy atom. The van der Waals surface area contributed by atoms with Gasteiger partial charge in [0, 0.05) is 33.4 Å². The van der Waals surface area contributed by atoms with Crippen molar-refractivity contribution in [3.8, 4) is 0 Å². The van der Waals surface area contributed by atoms with E-state index in [4.69, 9.17) is 0 Å². The van der Waals surface area contributed by atoms with Gasteiger partial charge in [-0.1, -0.05) is 71.9 Å². The Balaban J connectivity index is 1.29. The SMILES string of the molecule is C=CSc1ccc2c(c1)N(CC)/C(=C/C1=CC3=C/C(=C/c4sc5ccc(SC=C)cc5[n+]4CC)CCC3CC1)S2. The summed E-state index contributed by atoms with van der Waals surface area (Å²) >= 11 is 7.18. The number of benzene rings is 2. The Labute approximate surface area is 255 Å². The number of aromatic nitrogens is 1. The highest BCUT2D eigenvalue weighted by Crippen LogP contribution is 2.48. The molecule has 1 unspecified atom stereocenters. The molecule has 0 saturated heterocycles. The van der Waals surface area contributed by atoms with E-state index >= 15 is 0 Å². The third-order valence-electron chi connectivity index (χ3n) is 7.83. The van der Waals surface area contributed by atoms with E-state index in [0.717, 1.165) is 25.9 Å². The van der Waals surface area contributed by atoms with Gasteiger partial charge < -0.3 is 4.90 Å². The van der Waals surface area contributed by atoms with Crippen LogP contribution in [0.2, 0.25) is 0 Å². The van der Waals surface area contributed by atoms with Crippen LogP contribution in [0.1, 0.15) is 44.5 Å². The lowest BCUT2D eigenvalue weighted by molar-refractivity contribution is -0.665. The summed E-state index contributed by atoms with van der Waals surface area (Å²) in [4.78, 5) is 6.31. The normalized spacial score (nSPS) is 20.4. The van der Waals surface area contributed by atoms with Gasteiger partial charge in [-0.15, -0.1) is 0 Å². The molecule has 6 heteroatoms. The summed E-state index contributed by atoms with van der Waals surface area (Å²) in [6.45, 7) is 14.2. The number of thiazole rings is 1. The third-order valence-corrected chi connectivity index (χ3v) is 11.4. The van der Waals surface area contributed by atoms with Crippen LogP contribution in [0.25, 0.3) is 16.3 Å². The lowest BCUT2D eigenvalue weighted by atomic mass is 9.77. The van der Waals surface area contributed by atoms with Gasteiger partial charge >= 0.3 is 0 Å². The summed E-state index contributed by atoms with van der Waals surface area (Å²) in [7, 11) is 0. The van der Waals surface area contributed by atoms with Crippen LogP contribution in [-0.2, 0) is 6.54 Å². The van der Waals surface area contributed by atoms with E-state index in [2.05, 4.69) is 97.2 Å².